The van der Waals surface area contributed by atoms with Gasteiger partial charge in [0.15, 0.2) is 0 Å². The molecule has 0 spiro atoms. The molecule has 0 fully saturated rings. The molecule has 0 aromatic heterocycles. The van der Waals surface area contributed by atoms with Crippen LogP contribution in [0.5, 0.6) is 0 Å². The van der Waals surface area contributed by atoms with Crippen molar-refractivity contribution in [3.63, 3.8) is 0 Å². The van der Waals surface area contributed by atoms with E-state index < -0.39 is 6.09 Å². The van der Waals surface area contributed by atoms with E-state index in [-0.39, 0.29) is 6.04 Å². The van der Waals surface area contributed by atoms with Gasteiger partial charge in [0.05, 0.1) is 11.6 Å². The fourth-order valence-electron chi connectivity index (χ4n) is 0.838. The van der Waals surface area contributed by atoms with Gasteiger partial charge in [-0.2, -0.15) is 0 Å². The zero-order valence-corrected chi connectivity index (χ0v) is 9.69. The van der Waals surface area contributed by atoms with Crippen molar-refractivity contribution in [2.24, 2.45) is 11.7 Å². The highest BCUT2D eigenvalue weighted by atomic mass is 32.1. The van der Waals surface area contributed by atoms with E-state index in [0.29, 0.717) is 23.9 Å². The van der Waals surface area contributed by atoms with E-state index in [1.807, 2.05) is 20.8 Å². The fraction of sp³-hybridized carbons (Fsp3) is 0.778. The van der Waals surface area contributed by atoms with Gasteiger partial charge in [-0.05, 0) is 12.8 Å². The number of carbonyl (C=O) groups is 1. The average molecular weight is 218 g/mol. The zero-order chi connectivity index (χ0) is 11.1. The normalized spacial score (nSPS) is 12.3. The van der Waals surface area contributed by atoms with Gasteiger partial charge in [-0.15, -0.1) is 0 Å². The third-order valence-electron chi connectivity index (χ3n) is 1.42. The molecule has 1 atom stereocenters. The first-order valence-electron chi connectivity index (χ1n) is 4.63. The van der Waals surface area contributed by atoms with Crippen LogP contribution in [-0.4, -0.2) is 23.7 Å². The molecule has 0 aliphatic rings. The number of nitrogens with one attached hydrogen (secondary N) is 1. The molecule has 82 valence electrons. The molecule has 14 heavy (non-hydrogen) atoms. The van der Waals surface area contributed by atoms with E-state index in [1.54, 1.807) is 0 Å². The maximum atomic E-state index is 11.1. The number of rotatable bonds is 5. The molecule has 0 radical (unpaired) electrons. The van der Waals surface area contributed by atoms with Crippen molar-refractivity contribution in [3.8, 4) is 0 Å². The second kappa shape index (κ2) is 6.59. The number of hydrogen-bond acceptors (Lipinski definition) is 3. The van der Waals surface area contributed by atoms with Crippen molar-refractivity contribution < 1.29 is 9.53 Å². The SMILES string of the molecule is CC(C)COC(=O)NC(C)CC(N)=S. The van der Waals surface area contributed by atoms with Crippen molar-refractivity contribution in [1.29, 1.82) is 0 Å². The molecule has 0 aromatic rings. The second-order valence-corrected chi connectivity index (χ2v) is 4.23. The molecular formula is C9H18N2O2S. The van der Waals surface area contributed by atoms with E-state index in [0.717, 1.165) is 0 Å². The fourth-order valence-corrected chi connectivity index (χ4v) is 1.09. The van der Waals surface area contributed by atoms with Gasteiger partial charge in [-0.3, -0.25) is 0 Å². The van der Waals surface area contributed by atoms with Crippen LogP contribution >= 0.6 is 12.2 Å². The second-order valence-electron chi connectivity index (χ2n) is 3.71. The highest BCUT2D eigenvalue weighted by molar-refractivity contribution is 7.80. The summed E-state index contributed by atoms with van der Waals surface area (Å²) in [5.41, 5.74) is 5.33. The van der Waals surface area contributed by atoms with Crippen molar-refractivity contribution in [1.82, 2.24) is 5.32 Å². The number of nitrogens with two attached hydrogens (primary N) is 1. The summed E-state index contributed by atoms with van der Waals surface area (Å²) in [5, 5.41) is 2.64. The summed E-state index contributed by atoms with van der Waals surface area (Å²) in [4.78, 5) is 11.5. The largest absolute Gasteiger partial charge is 0.449 e. The Bertz CT molecular complexity index is 207. The molecule has 0 aliphatic heterocycles. The Hall–Kier alpha value is -0.840. The van der Waals surface area contributed by atoms with Crippen LogP contribution in [0.1, 0.15) is 27.2 Å². The lowest BCUT2D eigenvalue weighted by molar-refractivity contribution is 0.130. The maximum Gasteiger partial charge on any atom is 0.407 e. The lowest BCUT2D eigenvalue weighted by Gasteiger charge is -2.13. The molecule has 0 bridgehead atoms. The summed E-state index contributed by atoms with van der Waals surface area (Å²) < 4.78 is 4.92. The first-order chi connectivity index (χ1) is 6.41. The van der Waals surface area contributed by atoms with Gasteiger partial charge < -0.3 is 15.8 Å². The van der Waals surface area contributed by atoms with Gasteiger partial charge in [-0.1, -0.05) is 26.1 Å². The lowest BCUT2D eigenvalue weighted by Crippen LogP contribution is -2.36. The van der Waals surface area contributed by atoms with Crippen LogP contribution < -0.4 is 11.1 Å². The molecule has 0 aliphatic carbocycles. The minimum Gasteiger partial charge on any atom is -0.449 e. The van der Waals surface area contributed by atoms with Crippen LogP contribution in [0.25, 0.3) is 0 Å². The third kappa shape index (κ3) is 7.79. The van der Waals surface area contributed by atoms with Gasteiger partial charge in [0.1, 0.15) is 0 Å². The van der Waals surface area contributed by atoms with E-state index in [9.17, 15) is 4.79 Å². The van der Waals surface area contributed by atoms with Crippen LogP contribution in [-0.2, 0) is 4.74 Å². The highest BCUT2D eigenvalue weighted by Gasteiger charge is 2.09. The van der Waals surface area contributed by atoms with E-state index >= 15 is 0 Å². The topological polar surface area (TPSA) is 64.3 Å². The Kier molecular flexibility index (Phi) is 6.19. The Balaban J connectivity index is 3.66. The van der Waals surface area contributed by atoms with Crippen molar-refractivity contribution >= 4 is 23.3 Å². The summed E-state index contributed by atoms with van der Waals surface area (Å²) in [6.45, 7) is 6.21. The molecule has 1 unspecified atom stereocenters. The Morgan fingerprint density at radius 3 is 2.50 bits per heavy atom. The molecule has 0 saturated carbocycles. The minimum atomic E-state index is -0.414. The quantitative estimate of drug-likeness (QED) is 0.685. The summed E-state index contributed by atoms with van der Waals surface area (Å²) in [6.07, 6.45) is 0.0778. The van der Waals surface area contributed by atoms with Crippen molar-refractivity contribution in [2.45, 2.75) is 33.2 Å². The monoisotopic (exact) mass is 218 g/mol. The van der Waals surface area contributed by atoms with Gasteiger partial charge >= 0.3 is 6.09 Å². The first-order valence-corrected chi connectivity index (χ1v) is 5.04. The Morgan fingerprint density at radius 2 is 2.07 bits per heavy atom. The van der Waals surface area contributed by atoms with Crippen LogP contribution in [0.3, 0.4) is 0 Å². The van der Waals surface area contributed by atoms with Gasteiger partial charge in [-0.25, -0.2) is 4.79 Å². The number of ether oxygens (including phenoxy) is 1. The summed E-state index contributed by atoms with van der Waals surface area (Å²) in [7, 11) is 0. The Labute approximate surface area is 90.2 Å². The number of thiocarbonyl (C=S) groups is 1. The molecule has 0 rings (SSSR count). The molecule has 5 heteroatoms. The van der Waals surface area contributed by atoms with Crippen LogP contribution in [0.4, 0.5) is 4.79 Å². The molecule has 4 nitrogen and oxygen atoms in total. The highest BCUT2D eigenvalue weighted by Crippen LogP contribution is 1.95. The van der Waals surface area contributed by atoms with Crippen molar-refractivity contribution in [2.75, 3.05) is 6.61 Å². The van der Waals surface area contributed by atoms with Crippen molar-refractivity contribution in [3.05, 3.63) is 0 Å². The molecule has 1 amide bonds. The summed E-state index contributed by atoms with van der Waals surface area (Å²) in [5.74, 6) is 0.339. The minimum absolute atomic E-state index is 0.0767. The average Bonchev–Trinajstić information content (AvgIpc) is 1.98. The van der Waals surface area contributed by atoms with E-state index in [4.69, 9.17) is 22.7 Å². The van der Waals surface area contributed by atoms with Crippen LogP contribution in [0.2, 0.25) is 0 Å². The molecule has 0 heterocycles. The maximum absolute atomic E-state index is 11.1. The number of hydrogen-bond donors (Lipinski definition) is 2. The van der Waals surface area contributed by atoms with Gasteiger partial charge in [0, 0.05) is 12.5 Å². The van der Waals surface area contributed by atoms with Crippen LogP contribution in [0, 0.1) is 5.92 Å². The zero-order valence-electron chi connectivity index (χ0n) is 8.87. The van der Waals surface area contributed by atoms with Gasteiger partial charge in [0.2, 0.25) is 0 Å². The standard InChI is InChI=1S/C9H18N2O2S/c1-6(2)5-13-9(12)11-7(3)4-8(10)14/h6-7H,4-5H2,1-3H3,(H2,10,14)(H,11,12). The number of alkyl carbamates (subject to hydrolysis) is 1. The Morgan fingerprint density at radius 1 is 1.50 bits per heavy atom. The number of amides is 1. The summed E-state index contributed by atoms with van der Waals surface area (Å²) in [6, 6.07) is -0.0767. The third-order valence-corrected chi connectivity index (χ3v) is 1.59. The summed E-state index contributed by atoms with van der Waals surface area (Å²) >= 11 is 4.72. The van der Waals surface area contributed by atoms with E-state index in [2.05, 4.69) is 5.32 Å². The van der Waals surface area contributed by atoms with Gasteiger partial charge in [0.25, 0.3) is 0 Å². The molecule has 3 N–H and O–H groups in total. The first kappa shape index (κ1) is 13.2. The van der Waals surface area contributed by atoms with Crippen LogP contribution in [0.15, 0.2) is 0 Å². The molecular weight excluding hydrogens is 200 g/mol. The smallest absolute Gasteiger partial charge is 0.407 e. The molecule has 0 saturated heterocycles. The lowest BCUT2D eigenvalue weighted by atomic mass is 10.2. The predicted molar refractivity (Wildman–Crippen MR) is 60.2 cm³/mol. The van der Waals surface area contributed by atoms with E-state index in [1.165, 1.54) is 0 Å². The molecule has 0 aromatic carbocycles. The number of carbonyl (C=O) groups excluding carboxylic acids is 1. The predicted octanol–water partition coefficient (Wildman–Crippen LogP) is 1.43.